The van der Waals surface area contributed by atoms with E-state index < -0.39 is 0 Å². The van der Waals surface area contributed by atoms with Crippen molar-refractivity contribution in [3.8, 4) is 0 Å². The molecule has 0 aromatic heterocycles. The third kappa shape index (κ3) is 8.06. The lowest BCUT2D eigenvalue weighted by Gasteiger charge is -2.08. The average Bonchev–Trinajstić information content (AvgIpc) is 2.05. The topological polar surface area (TPSA) is 12.0 Å². The summed E-state index contributed by atoms with van der Waals surface area (Å²) in [6, 6.07) is 0. The summed E-state index contributed by atoms with van der Waals surface area (Å²) in [7, 11) is 2.03. The summed E-state index contributed by atoms with van der Waals surface area (Å²) in [6.07, 6.45) is 8.34. The van der Waals surface area contributed by atoms with Crippen molar-refractivity contribution < 1.29 is 0 Å². The monoisotopic (exact) mass is 171 g/mol. The summed E-state index contributed by atoms with van der Waals surface area (Å²) in [5, 5.41) is 3.18. The molecule has 1 atom stereocenters. The highest BCUT2D eigenvalue weighted by atomic mass is 14.8. The molecule has 1 unspecified atom stereocenters. The first-order chi connectivity index (χ1) is 5.81. The van der Waals surface area contributed by atoms with Crippen molar-refractivity contribution in [2.45, 2.75) is 52.4 Å². The molecule has 0 aliphatic rings. The van der Waals surface area contributed by atoms with E-state index in [1.165, 1.54) is 45.1 Å². The van der Waals surface area contributed by atoms with Crippen molar-refractivity contribution in [2.75, 3.05) is 13.6 Å². The molecule has 1 nitrogen and oxygen atoms in total. The van der Waals surface area contributed by atoms with Crippen LogP contribution in [0.3, 0.4) is 0 Å². The molecule has 0 bridgehead atoms. The van der Waals surface area contributed by atoms with Crippen LogP contribution in [-0.4, -0.2) is 13.6 Å². The lowest BCUT2D eigenvalue weighted by molar-refractivity contribution is 0.455. The van der Waals surface area contributed by atoms with Crippen LogP contribution in [0, 0.1) is 5.92 Å². The van der Waals surface area contributed by atoms with Gasteiger partial charge in [0.1, 0.15) is 0 Å². The van der Waals surface area contributed by atoms with Gasteiger partial charge in [-0.3, -0.25) is 0 Å². The zero-order valence-corrected chi connectivity index (χ0v) is 9.03. The van der Waals surface area contributed by atoms with Crippen LogP contribution in [0.1, 0.15) is 52.4 Å². The summed E-state index contributed by atoms with van der Waals surface area (Å²) in [4.78, 5) is 0. The highest BCUT2D eigenvalue weighted by Gasteiger charge is 1.99. The number of nitrogens with one attached hydrogen (secondary N) is 1. The second-order valence-corrected chi connectivity index (χ2v) is 3.85. The van der Waals surface area contributed by atoms with E-state index in [0.29, 0.717) is 0 Å². The van der Waals surface area contributed by atoms with Gasteiger partial charge < -0.3 is 5.32 Å². The van der Waals surface area contributed by atoms with Crippen molar-refractivity contribution in [1.29, 1.82) is 0 Å². The van der Waals surface area contributed by atoms with Gasteiger partial charge >= 0.3 is 0 Å². The van der Waals surface area contributed by atoms with Crippen molar-refractivity contribution in [3.05, 3.63) is 0 Å². The van der Waals surface area contributed by atoms with Gasteiger partial charge in [-0.05, 0) is 25.9 Å². The fraction of sp³-hybridized carbons (Fsp3) is 1.00. The highest BCUT2D eigenvalue weighted by Crippen LogP contribution is 2.13. The molecule has 0 saturated heterocycles. The zero-order valence-electron chi connectivity index (χ0n) is 9.03. The van der Waals surface area contributed by atoms with E-state index in [9.17, 15) is 0 Å². The van der Waals surface area contributed by atoms with Crippen LogP contribution in [0.5, 0.6) is 0 Å². The first kappa shape index (κ1) is 12.0. The molecule has 0 amide bonds. The van der Waals surface area contributed by atoms with Gasteiger partial charge in [-0.15, -0.1) is 0 Å². The quantitative estimate of drug-likeness (QED) is 0.553. The number of unbranched alkanes of at least 4 members (excludes halogenated alkanes) is 2. The minimum Gasteiger partial charge on any atom is -0.320 e. The molecular weight excluding hydrogens is 146 g/mol. The molecule has 0 saturated carbocycles. The second-order valence-electron chi connectivity index (χ2n) is 3.85. The number of rotatable bonds is 8. The van der Waals surface area contributed by atoms with Gasteiger partial charge in [0.25, 0.3) is 0 Å². The lowest BCUT2D eigenvalue weighted by atomic mass is 9.99. The van der Waals surface area contributed by atoms with E-state index in [1.807, 2.05) is 7.05 Å². The Balaban J connectivity index is 2.97. The maximum atomic E-state index is 3.18. The average molecular weight is 171 g/mol. The predicted octanol–water partition coefficient (Wildman–Crippen LogP) is 3.20. The van der Waals surface area contributed by atoms with E-state index in [2.05, 4.69) is 19.2 Å². The molecular formula is C11H25N. The molecule has 0 radical (unpaired) electrons. The molecule has 1 heteroatoms. The van der Waals surface area contributed by atoms with Crippen molar-refractivity contribution >= 4 is 0 Å². The fourth-order valence-electron chi connectivity index (χ4n) is 1.61. The number of hydrogen-bond donors (Lipinski definition) is 1. The Kier molecular flexibility index (Phi) is 9.02. The largest absolute Gasteiger partial charge is 0.320 e. The van der Waals surface area contributed by atoms with Gasteiger partial charge in [0.15, 0.2) is 0 Å². The Morgan fingerprint density at radius 2 is 1.83 bits per heavy atom. The minimum absolute atomic E-state index is 0.949. The Hall–Kier alpha value is -0.0400. The summed E-state index contributed by atoms with van der Waals surface area (Å²) >= 11 is 0. The van der Waals surface area contributed by atoms with Gasteiger partial charge in [0.05, 0.1) is 0 Å². The van der Waals surface area contributed by atoms with Gasteiger partial charge in [0.2, 0.25) is 0 Å². The molecule has 0 aromatic carbocycles. The van der Waals surface area contributed by atoms with Crippen LogP contribution >= 0.6 is 0 Å². The van der Waals surface area contributed by atoms with Crippen molar-refractivity contribution in [3.63, 3.8) is 0 Å². The van der Waals surface area contributed by atoms with Gasteiger partial charge in [-0.2, -0.15) is 0 Å². The summed E-state index contributed by atoms with van der Waals surface area (Å²) in [5.74, 6) is 0.949. The fourth-order valence-corrected chi connectivity index (χ4v) is 1.61. The van der Waals surface area contributed by atoms with Crippen molar-refractivity contribution in [1.82, 2.24) is 5.32 Å². The van der Waals surface area contributed by atoms with Gasteiger partial charge in [-0.1, -0.05) is 46.0 Å². The molecule has 0 rings (SSSR count). The summed E-state index contributed by atoms with van der Waals surface area (Å²) in [6.45, 7) is 5.83. The zero-order chi connectivity index (χ0) is 9.23. The van der Waals surface area contributed by atoms with Crippen LogP contribution in [0.25, 0.3) is 0 Å². The Morgan fingerprint density at radius 1 is 1.08 bits per heavy atom. The van der Waals surface area contributed by atoms with Crippen LogP contribution in [-0.2, 0) is 0 Å². The van der Waals surface area contributed by atoms with E-state index in [1.54, 1.807) is 0 Å². The smallest absolute Gasteiger partial charge is 0.00519 e. The van der Waals surface area contributed by atoms with Crippen LogP contribution < -0.4 is 5.32 Å². The van der Waals surface area contributed by atoms with Crippen LogP contribution in [0.2, 0.25) is 0 Å². The third-order valence-electron chi connectivity index (χ3n) is 2.41. The molecule has 0 heterocycles. The molecule has 12 heavy (non-hydrogen) atoms. The first-order valence-electron chi connectivity index (χ1n) is 5.45. The SMILES string of the molecule is CCCC(C)CCCCCNC. The number of hydrogen-bond acceptors (Lipinski definition) is 1. The molecule has 0 aromatic rings. The lowest BCUT2D eigenvalue weighted by Crippen LogP contribution is -2.07. The molecule has 0 aliphatic heterocycles. The second kappa shape index (κ2) is 9.05. The van der Waals surface area contributed by atoms with E-state index in [0.717, 1.165) is 5.92 Å². The van der Waals surface area contributed by atoms with Crippen LogP contribution in [0.15, 0.2) is 0 Å². The maximum Gasteiger partial charge on any atom is -0.00519 e. The van der Waals surface area contributed by atoms with E-state index >= 15 is 0 Å². The summed E-state index contributed by atoms with van der Waals surface area (Å²) in [5.41, 5.74) is 0. The Labute approximate surface area is 77.9 Å². The normalized spacial score (nSPS) is 13.2. The van der Waals surface area contributed by atoms with Gasteiger partial charge in [-0.25, -0.2) is 0 Å². The van der Waals surface area contributed by atoms with Crippen molar-refractivity contribution in [2.24, 2.45) is 5.92 Å². The highest BCUT2D eigenvalue weighted by molar-refractivity contribution is 4.53. The predicted molar refractivity (Wildman–Crippen MR) is 56.5 cm³/mol. The standard InChI is InChI=1S/C11H25N/c1-4-8-11(2)9-6-5-7-10-12-3/h11-12H,4-10H2,1-3H3. The van der Waals surface area contributed by atoms with Gasteiger partial charge in [0, 0.05) is 0 Å². The maximum absolute atomic E-state index is 3.18. The molecule has 0 fully saturated rings. The van der Waals surface area contributed by atoms with Crippen LogP contribution in [0.4, 0.5) is 0 Å². The Bertz CT molecular complexity index is 81.1. The molecule has 0 aliphatic carbocycles. The van der Waals surface area contributed by atoms with E-state index in [-0.39, 0.29) is 0 Å². The first-order valence-corrected chi connectivity index (χ1v) is 5.45. The minimum atomic E-state index is 0.949. The third-order valence-corrected chi connectivity index (χ3v) is 2.41. The molecule has 74 valence electrons. The Morgan fingerprint density at radius 3 is 2.42 bits per heavy atom. The van der Waals surface area contributed by atoms with E-state index in [4.69, 9.17) is 0 Å². The summed E-state index contributed by atoms with van der Waals surface area (Å²) < 4.78 is 0. The molecule has 1 N–H and O–H groups in total. The molecule has 0 spiro atoms.